The van der Waals surface area contributed by atoms with Gasteiger partial charge in [-0.1, -0.05) is 6.08 Å². The molecule has 110 valence electrons. The molecule has 1 aliphatic rings. The molecule has 20 heavy (non-hydrogen) atoms. The Morgan fingerprint density at radius 1 is 1.20 bits per heavy atom. The van der Waals surface area contributed by atoms with Crippen LogP contribution < -0.4 is 5.32 Å². The van der Waals surface area contributed by atoms with Crippen molar-refractivity contribution in [3.05, 3.63) is 47.8 Å². The van der Waals surface area contributed by atoms with Crippen LogP contribution in [-0.4, -0.2) is 31.1 Å². The van der Waals surface area contributed by atoms with E-state index in [1.165, 1.54) is 0 Å². The summed E-state index contributed by atoms with van der Waals surface area (Å²) in [7, 11) is 0. The predicted molar refractivity (Wildman–Crippen MR) is 72.9 cm³/mol. The van der Waals surface area contributed by atoms with Crippen molar-refractivity contribution >= 4 is 0 Å². The van der Waals surface area contributed by atoms with Crippen molar-refractivity contribution in [2.75, 3.05) is 26.2 Å². The number of nitrogens with zero attached hydrogens (tertiary/aromatic N) is 1. The minimum Gasteiger partial charge on any atom is -0.314 e. The summed E-state index contributed by atoms with van der Waals surface area (Å²) in [5.41, 5.74) is -0.159. The van der Waals surface area contributed by atoms with Gasteiger partial charge < -0.3 is 5.32 Å². The molecule has 0 saturated carbocycles. The number of piperazine rings is 1. The van der Waals surface area contributed by atoms with Gasteiger partial charge in [-0.05, 0) is 25.0 Å². The fraction of sp³-hybridized carbons (Fsp3) is 0.467. The molecule has 0 aromatic heterocycles. The van der Waals surface area contributed by atoms with Crippen LogP contribution in [0.25, 0.3) is 0 Å². The molecule has 0 amide bonds. The summed E-state index contributed by atoms with van der Waals surface area (Å²) >= 11 is 0. The lowest BCUT2D eigenvalue weighted by molar-refractivity contribution is 0.158. The maximum atomic E-state index is 14.0. The summed E-state index contributed by atoms with van der Waals surface area (Å²) in [6, 6.07) is 1.37. The second-order valence-corrected chi connectivity index (χ2v) is 4.92. The molecular formula is C15H19F3N2. The lowest BCUT2D eigenvalue weighted by Crippen LogP contribution is -2.45. The summed E-state index contributed by atoms with van der Waals surface area (Å²) in [4.78, 5) is 2.00. The van der Waals surface area contributed by atoms with E-state index in [0.717, 1.165) is 25.2 Å². The molecule has 1 aliphatic heterocycles. The maximum absolute atomic E-state index is 14.0. The molecule has 1 aromatic rings. The first-order valence-electron chi connectivity index (χ1n) is 6.84. The van der Waals surface area contributed by atoms with Gasteiger partial charge in [0.2, 0.25) is 0 Å². The van der Waals surface area contributed by atoms with E-state index in [2.05, 4.69) is 11.9 Å². The van der Waals surface area contributed by atoms with Crippen molar-refractivity contribution in [1.82, 2.24) is 10.2 Å². The number of allylic oxidation sites excluding steroid dienone is 1. The standard InChI is InChI=1S/C15H19F3N2/c1-2-3-4-13(20-9-7-19-8-10-20)14-11(16)5-6-12(17)15(14)18/h2,5-6,13,19H,1,3-4,7-10H2/t13-/m0/s1. The molecule has 1 atom stereocenters. The van der Waals surface area contributed by atoms with Crippen LogP contribution in [0.3, 0.4) is 0 Å². The molecule has 2 rings (SSSR count). The van der Waals surface area contributed by atoms with Crippen molar-refractivity contribution in [3.8, 4) is 0 Å². The molecule has 0 unspecified atom stereocenters. The molecule has 0 aliphatic carbocycles. The third-order valence-electron chi connectivity index (χ3n) is 3.65. The molecular weight excluding hydrogens is 265 g/mol. The van der Waals surface area contributed by atoms with Gasteiger partial charge in [0.1, 0.15) is 5.82 Å². The Labute approximate surface area is 117 Å². The van der Waals surface area contributed by atoms with Gasteiger partial charge in [-0.2, -0.15) is 0 Å². The molecule has 0 radical (unpaired) electrons. The minimum absolute atomic E-state index is 0.159. The zero-order valence-corrected chi connectivity index (χ0v) is 11.3. The summed E-state index contributed by atoms with van der Waals surface area (Å²) in [5, 5.41) is 3.19. The zero-order valence-electron chi connectivity index (χ0n) is 11.3. The van der Waals surface area contributed by atoms with Gasteiger partial charge >= 0.3 is 0 Å². The lowest BCUT2D eigenvalue weighted by Gasteiger charge is -2.35. The van der Waals surface area contributed by atoms with E-state index in [0.29, 0.717) is 25.9 Å². The third kappa shape index (κ3) is 3.22. The highest BCUT2D eigenvalue weighted by Crippen LogP contribution is 2.31. The predicted octanol–water partition coefficient (Wildman–Crippen LogP) is 3.02. The van der Waals surface area contributed by atoms with Crippen molar-refractivity contribution in [2.45, 2.75) is 18.9 Å². The molecule has 0 spiro atoms. The van der Waals surface area contributed by atoms with Gasteiger partial charge in [0, 0.05) is 37.8 Å². The molecule has 1 fully saturated rings. The Bertz CT molecular complexity index is 470. The Morgan fingerprint density at radius 3 is 2.50 bits per heavy atom. The van der Waals surface area contributed by atoms with Crippen LogP contribution >= 0.6 is 0 Å². The Hall–Kier alpha value is -1.33. The van der Waals surface area contributed by atoms with Crippen molar-refractivity contribution in [3.63, 3.8) is 0 Å². The SMILES string of the molecule is C=CCC[C@@H](c1c(F)ccc(F)c1F)N1CCNCC1. The summed E-state index contributed by atoms with van der Waals surface area (Å²) in [6.07, 6.45) is 2.87. The normalized spacial score (nSPS) is 17.9. The van der Waals surface area contributed by atoms with E-state index in [4.69, 9.17) is 0 Å². The molecule has 2 nitrogen and oxygen atoms in total. The smallest absolute Gasteiger partial charge is 0.166 e. The maximum Gasteiger partial charge on any atom is 0.166 e. The van der Waals surface area contributed by atoms with Crippen LogP contribution in [0.2, 0.25) is 0 Å². The van der Waals surface area contributed by atoms with Gasteiger partial charge in [-0.25, -0.2) is 13.2 Å². The highest BCUT2D eigenvalue weighted by atomic mass is 19.2. The Morgan fingerprint density at radius 2 is 1.85 bits per heavy atom. The quantitative estimate of drug-likeness (QED) is 0.660. The number of nitrogens with one attached hydrogen (secondary N) is 1. The number of hydrogen-bond donors (Lipinski definition) is 1. The number of benzene rings is 1. The highest BCUT2D eigenvalue weighted by Gasteiger charge is 2.28. The summed E-state index contributed by atoms with van der Waals surface area (Å²) in [6.45, 7) is 6.56. The molecule has 1 N–H and O–H groups in total. The molecule has 0 bridgehead atoms. The lowest BCUT2D eigenvalue weighted by atomic mass is 9.98. The topological polar surface area (TPSA) is 15.3 Å². The van der Waals surface area contributed by atoms with E-state index >= 15 is 0 Å². The highest BCUT2D eigenvalue weighted by molar-refractivity contribution is 5.25. The van der Waals surface area contributed by atoms with Gasteiger partial charge in [0.25, 0.3) is 0 Å². The van der Waals surface area contributed by atoms with Crippen LogP contribution in [-0.2, 0) is 0 Å². The van der Waals surface area contributed by atoms with E-state index in [1.807, 2.05) is 4.90 Å². The molecule has 1 saturated heterocycles. The average molecular weight is 284 g/mol. The van der Waals surface area contributed by atoms with Crippen LogP contribution in [0, 0.1) is 17.5 Å². The Kier molecular flexibility index (Phi) is 5.20. The van der Waals surface area contributed by atoms with Gasteiger partial charge in [-0.3, -0.25) is 4.90 Å². The van der Waals surface area contributed by atoms with Crippen LogP contribution in [0.15, 0.2) is 24.8 Å². The van der Waals surface area contributed by atoms with Crippen molar-refractivity contribution < 1.29 is 13.2 Å². The van der Waals surface area contributed by atoms with Crippen LogP contribution in [0.5, 0.6) is 0 Å². The van der Waals surface area contributed by atoms with Gasteiger partial charge in [-0.15, -0.1) is 6.58 Å². The number of hydrogen-bond acceptors (Lipinski definition) is 2. The fourth-order valence-corrected chi connectivity index (χ4v) is 2.63. The third-order valence-corrected chi connectivity index (χ3v) is 3.65. The zero-order chi connectivity index (χ0) is 14.5. The number of halogens is 3. The average Bonchev–Trinajstić information content (AvgIpc) is 2.47. The summed E-state index contributed by atoms with van der Waals surface area (Å²) in [5.74, 6) is -2.76. The van der Waals surface area contributed by atoms with Crippen LogP contribution in [0.4, 0.5) is 13.2 Å². The summed E-state index contributed by atoms with van der Waals surface area (Å²) < 4.78 is 41.4. The first-order valence-corrected chi connectivity index (χ1v) is 6.84. The largest absolute Gasteiger partial charge is 0.314 e. The van der Waals surface area contributed by atoms with Crippen molar-refractivity contribution in [1.29, 1.82) is 0 Å². The Balaban J connectivity index is 2.34. The van der Waals surface area contributed by atoms with Crippen molar-refractivity contribution in [2.24, 2.45) is 0 Å². The van der Waals surface area contributed by atoms with E-state index in [9.17, 15) is 13.2 Å². The molecule has 5 heteroatoms. The second kappa shape index (κ2) is 6.90. The molecule has 1 aromatic carbocycles. The van der Waals surface area contributed by atoms with E-state index in [1.54, 1.807) is 6.08 Å². The van der Waals surface area contributed by atoms with Gasteiger partial charge in [0.15, 0.2) is 11.6 Å². The number of rotatable bonds is 5. The second-order valence-electron chi connectivity index (χ2n) is 4.92. The van der Waals surface area contributed by atoms with Crippen LogP contribution in [0.1, 0.15) is 24.4 Å². The first kappa shape index (κ1) is 15.1. The first-order chi connectivity index (χ1) is 9.65. The molecule has 1 heterocycles. The fourth-order valence-electron chi connectivity index (χ4n) is 2.63. The monoisotopic (exact) mass is 284 g/mol. The minimum atomic E-state index is -1.07. The van der Waals surface area contributed by atoms with Gasteiger partial charge in [0.05, 0.1) is 0 Å². The van der Waals surface area contributed by atoms with E-state index < -0.39 is 23.5 Å². The van der Waals surface area contributed by atoms with E-state index in [-0.39, 0.29) is 5.56 Å².